The molecule has 1 unspecified atom stereocenters. The van der Waals surface area contributed by atoms with E-state index in [0.717, 1.165) is 70.2 Å². The van der Waals surface area contributed by atoms with Crippen LogP contribution in [0.25, 0.3) is 11.3 Å². The highest BCUT2D eigenvalue weighted by Gasteiger charge is 2.29. The minimum Gasteiger partial charge on any atom is -0.496 e. The van der Waals surface area contributed by atoms with Crippen molar-refractivity contribution in [2.75, 3.05) is 27.4 Å². The molecular weight excluding hydrogens is 502 g/mol. The summed E-state index contributed by atoms with van der Waals surface area (Å²) in [5.74, 6) is 2.74. The van der Waals surface area contributed by atoms with Crippen molar-refractivity contribution >= 4 is 17.3 Å². The van der Waals surface area contributed by atoms with E-state index < -0.39 is 6.10 Å². The van der Waals surface area contributed by atoms with Gasteiger partial charge in [0.15, 0.2) is 6.10 Å². The maximum Gasteiger partial charge on any atom is 0.347 e. The summed E-state index contributed by atoms with van der Waals surface area (Å²) in [5.41, 5.74) is 6.70. The van der Waals surface area contributed by atoms with Crippen LogP contribution >= 0.6 is 11.3 Å². The molecule has 1 aliphatic heterocycles. The molecule has 4 rings (SSSR count). The fourth-order valence-electron chi connectivity index (χ4n) is 4.70. The normalized spacial score (nSPS) is 14.2. The molecule has 7 nitrogen and oxygen atoms in total. The average molecular weight is 538 g/mol. The van der Waals surface area contributed by atoms with E-state index >= 15 is 0 Å². The molecule has 2 heterocycles. The number of hydrogen-bond donors (Lipinski definition) is 0. The number of aryl methyl sites for hydroxylation is 1. The zero-order valence-electron chi connectivity index (χ0n) is 22.3. The summed E-state index contributed by atoms with van der Waals surface area (Å²) in [5, 5.41) is 2.00. The van der Waals surface area contributed by atoms with Gasteiger partial charge in [0.25, 0.3) is 0 Å². The van der Waals surface area contributed by atoms with Gasteiger partial charge in [-0.05, 0) is 49.4 Å². The van der Waals surface area contributed by atoms with Crippen LogP contribution in [0.2, 0.25) is 0 Å². The van der Waals surface area contributed by atoms with Gasteiger partial charge in [-0.1, -0.05) is 25.5 Å². The van der Waals surface area contributed by atoms with Crippen molar-refractivity contribution in [2.45, 2.75) is 51.6 Å². The molecule has 0 saturated heterocycles. The molecule has 0 aliphatic carbocycles. The van der Waals surface area contributed by atoms with E-state index in [-0.39, 0.29) is 5.97 Å². The van der Waals surface area contributed by atoms with Crippen LogP contribution in [-0.2, 0) is 28.8 Å². The molecular formula is C30H35NO6S. The molecule has 1 aliphatic rings. The third kappa shape index (κ3) is 6.13. The van der Waals surface area contributed by atoms with Crippen LogP contribution in [0.4, 0.5) is 0 Å². The number of aromatic nitrogens is 1. The van der Waals surface area contributed by atoms with Crippen LogP contribution in [0.1, 0.15) is 42.9 Å². The largest absolute Gasteiger partial charge is 0.496 e. The molecule has 2 aromatic carbocycles. The van der Waals surface area contributed by atoms with Crippen molar-refractivity contribution in [3.8, 4) is 34.3 Å². The van der Waals surface area contributed by atoms with Gasteiger partial charge in [-0.25, -0.2) is 9.78 Å². The molecule has 3 aromatic rings. The van der Waals surface area contributed by atoms with Crippen LogP contribution < -0.4 is 18.9 Å². The van der Waals surface area contributed by atoms with Gasteiger partial charge in [0, 0.05) is 28.5 Å². The van der Waals surface area contributed by atoms with E-state index in [0.29, 0.717) is 32.5 Å². The van der Waals surface area contributed by atoms with E-state index in [1.165, 1.54) is 7.11 Å². The van der Waals surface area contributed by atoms with Crippen LogP contribution in [0, 0.1) is 0 Å². The summed E-state index contributed by atoms with van der Waals surface area (Å²) in [4.78, 5) is 16.5. The Hall–Kier alpha value is -3.52. The minimum absolute atomic E-state index is 0.339. The van der Waals surface area contributed by atoms with Crippen LogP contribution in [0.5, 0.6) is 23.0 Å². The van der Waals surface area contributed by atoms with Gasteiger partial charge in [0.1, 0.15) is 23.0 Å². The number of hydrogen-bond acceptors (Lipinski definition) is 8. The number of ether oxygens (including phenoxy) is 5. The zero-order valence-corrected chi connectivity index (χ0v) is 23.1. The Labute approximate surface area is 228 Å². The average Bonchev–Trinajstić information content (AvgIpc) is 3.48. The maximum atomic E-state index is 12.1. The molecule has 1 aromatic heterocycles. The third-order valence-electron chi connectivity index (χ3n) is 6.48. The maximum absolute atomic E-state index is 12.1. The van der Waals surface area contributed by atoms with Crippen LogP contribution in [-0.4, -0.2) is 44.5 Å². The lowest BCUT2D eigenvalue weighted by molar-refractivity contribution is -0.149. The van der Waals surface area contributed by atoms with E-state index in [9.17, 15) is 4.79 Å². The number of allylic oxidation sites excluding steroid dienone is 1. The van der Waals surface area contributed by atoms with E-state index in [4.69, 9.17) is 23.7 Å². The first-order chi connectivity index (χ1) is 18.6. The van der Waals surface area contributed by atoms with E-state index in [1.807, 2.05) is 41.2 Å². The molecule has 0 fully saturated rings. The Morgan fingerprint density at radius 2 is 1.92 bits per heavy atom. The molecule has 0 N–H and O–H groups in total. The smallest absolute Gasteiger partial charge is 0.347 e. The molecule has 0 spiro atoms. The van der Waals surface area contributed by atoms with Gasteiger partial charge in [-0.2, -0.15) is 0 Å². The second-order valence-electron chi connectivity index (χ2n) is 8.99. The van der Waals surface area contributed by atoms with Crippen molar-refractivity contribution in [1.29, 1.82) is 0 Å². The molecule has 0 amide bonds. The number of nitrogens with zero attached hydrogens (tertiary/aromatic N) is 1. The predicted octanol–water partition coefficient (Wildman–Crippen LogP) is 6.21. The van der Waals surface area contributed by atoms with Crippen molar-refractivity contribution < 1.29 is 28.5 Å². The number of esters is 1. The first-order valence-electron chi connectivity index (χ1n) is 12.9. The first-order valence-corrected chi connectivity index (χ1v) is 13.9. The number of carbonyl (C=O) groups excluding carboxylic acids is 1. The van der Waals surface area contributed by atoms with Gasteiger partial charge in [-0.3, -0.25) is 0 Å². The number of benzene rings is 2. The summed E-state index contributed by atoms with van der Waals surface area (Å²) in [6, 6.07) is 8.00. The van der Waals surface area contributed by atoms with Crippen molar-refractivity contribution in [1.82, 2.24) is 4.98 Å². The molecule has 8 heteroatoms. The van der Waals surface area contributed by atoms with Crippen molar-refractivity contribution in [3.05, 3.63) is 64.5 Å². The Kier molecular flexibility index (Phi) is 9.65. The number of thiazole rings is 1. The fraction of sp³-hybridized carbons (Fsp3) is 0.400. The summed E-state index contributed by atoms with van der Waals surface area (Å²) < 4.78 is 29.1. The summed E-state index contributed by atoms with van der Waals surface area (Å²) >= 11 is 1.55. The Morgan fingerprint density at radius 1 is 1.16 bits per heavy atom. The first kappa shape index (κ1) is 27.5. The molecule has 0 bridgehead atoms. The number of methoxy groups -OCH3 is 2. The van der Waals surface area contributed by atoms with Gasteiger partial charge >= 0.3 is 5.97 Å². The van der Waals surface area contributed by atoms with Gasteiger partial charge in [0.05, 0.1) is 38.6 Å². The van der Waals surface area contributed by atoms with E-state index in [2.05, 4.69) is 18.5 Å². The summed E-state index contributed by atoms with van der Waals surface area (Å²) in [7, 11) is 3.06. The highest BCUT2D eigenvalue weighted by molar-refractivity contribution is 7.07. The van der Waals surface area contributed by atoms with E-state index in [1.54, 1.807) is 18.4 Å². The number of fused-ring (bicyclic) bond motifs is 1. The monoisotopic (exact) mass is 537 g/mol. The van der Waals surface area contributed by atoms with Crippen LogP contribution in [0.3, 0.4) is 0 Å². The lowest BCUT2D eigenvalue weighted by atomic mass is 9.96. The lowest BCUT2D eigenvalue weighted by Gasteiger charge is -2.27. The summed E-state index contributed by atoms with van der Waals surface area (Å²) in [6.07, 6.45) is 5.72. The second kappa shape index (κ2) is 13.3. The molecule has 202 valence electrons. The quantitative estimate of drug-likeness (QED) is 0.146. The highest BCUT2D eigenvalue weighted by atomic mass is 32.1. The van der Waals surface area contributed by atoms with Crippen molar-refractivity contribution in [3.63, 3.8) is 0 Å². The predicted molar refractivity (Wildman–Crippen MR) is 149 cm³/mol. The summed E-state index contributed by atoms with van der Waals surface area (Å²) in [6.45, 7) is 6.99. The minimum atomic E-state index is -0.574. The number of rotatable bonds is 13. The molecule has 38 heavy (non-hydrogen) atoms. The standard InChI is InChI=1S/C30H35NO6S/c1-5-8-22-25(13-10-20-11-14-27(30(32)34-4)37-28(20)22)35-16-7-17-36-26-15-12-21(24-18-38-19-31-24)29(33-3)23(26)9-6-2/h6,10,12-13,15,18-19,27H,2,5,7-9,11,14,16-17H2,1,3-4H3. The van der Waals surface area contributed by atoms with Gasteiger partial charge in [-0.15, -0.1) is 17.9 Å². The third-order valence-corrected chi connectivity index (χ3v) is 7.07. The Morgan fingerprint density at radius 3 is 2.58 bits per heavy atom. The SMILES string of the molecule is C=CCc1c(OCCCOc2ccc3c(c2CCC)OC(C(=O)OC)CC3)ccc(-c2cscn2)c1OC. The van der Waals surface area contributed by atoms with Gasteiger partial charge in [0.2, 0.25) is 0 Å². The highest BCUT2D eigenvalue weighted by Crippen LogP contribution is 2.40. The van der Waals surface area contributed by atoms with Crippen LogP contribution in [0.15, 0.2) is 47.8 Å². The molecule has 0 saturated carbocycles. The fourth-order valence-corrected chi connectivity index (χ4v) is 5.25. The van der Waals surface area contributed by atoms with Crippen molar-refractivity contribution in [2.24, 2.45) is 0 Å². The topological polar surface area (TPSA) is 76.1 Å². The zero-order chi connectivity index (χ0) is 26.9. The Bertz CT molecular complexity index is 1240. The molecule has 1 atom stereocenters. The number of carbonyl (C=O) groups is 1. The lowest BCUT2D eigenvalue weighted by Crippen LogP contribution is -2.32. The van der Waals surface area contributed by atoms with Gasteiger partial charge < -0.3 is 23.7 Å². The Balaban J connectivity index is 1.41. The second-order valence-corrected chi connectivity index (χ2v) is 9.71. The molecule has 0 radical (unpaired) electrons.